The van der Waals surface area contributed by atoms with Crippen molar-refractivity contribution < 1.29 is 5.11 Å². The lowest BCUT2D eigenvalue weighted by molar-refractivity contribution is -0.0241. The van der Waals surface area contributed by atoms with Crippen LogP contribution in [0.3, 0.4) is 0 Å². The molecule has 1 aliphatic rings. The van der Waals surface area contributed by atoms with Gasteiger partial charge in [0, 0.05) is 5.54 Å². The van der Waals surface area contributed by atoms with Gasteiger partial charge in [-0.05, 0) is 26.2 Å². The first-order chi connectivity index (χ1) is 5.02. The van der Waals surface area contributed by atoms with Gasteiger partial charge in [-0.1, -0.05) is 19.8 Å². The summed E-state index contributed by atoms with van der Waals surface area (Å²) >= 11 is 0. The van der Waals surface area contributed by atoms with E-state index in [1.807, 2.05) is 13.8 Å². The zero-order valence-electron chi connectivity index (χ0n) is 7.56. The van der Waals surface area contributed by atoms with E-state index in [9.17, 15) is 5.11 Å². The number of hydrogen-bond donors (Lipinski definition) is 2. The first-order valence-corrected chi connectivity index (χ1v) is 4.53. The zero-order valence-corrected chi connectivity index (χ0v) is 7.56. The molecule has 0 aliphatic heterocycles. The van der Waals surface area contributed by atoms with E-state index >= 15 is 0 Å². The monoisotopic (exact) mass is 157 g/mol. The minimum Gasteiger partial charge on any atom is -0.388 e. The van der Waals surface area contributed by atoms with Gasteiger partial charge in [0.25, 0.3) is 0 Å². The second-order valence-electron chi connectivity index (χ2n) is 4.01. The van der Waals surface area contributed by atoms with Gasteiger partial charge >= 0.3 is 0 Å². The Morgan fingerprint density at radius 3 is 2.27 bits per heavy atom. The van der Waals surface area contributed by atoms with Crippen LogP contribution in [0.2, 0.25) is 0 Å². The molecule has 1 aliphatic carbocycles. The fourth-order valence-corrected chi connectivity index (χ4v) is 1.86. The van der Waals surface area contributed by atoms with Crippen molar-refractivity contribution in [1.29, 1.82) is 0 Å². The minimum atomic E-state index is -0.582. The summed E-state index contributed by atoms with van der Waals surface area (Å²) in [5, 5.41) is 10.1. The first kappa shape index (κ1) is 9.01. The third-order valence-electron chi connectivity index (χ3n) is 3.23. The summed E-state index contributed by atoms with van der Waals surface area (Å²) in [5.74, 6) is 0. The topological polar surface area (TPSA) is 46.2 Å². The highest BCUT2D eigenvalue weighted by atomic mass is 16.3. The SMILES string of the molecule is CC[C@@](C)(N)C1(O)CCCC1. The molecule has 0 aromatic carbocycles. The number of nitrogens with two attached hydrogens (primary N) is 1. The molecular weight excluding hydrogens is 138 g/mol. The van der Waals surface area contributed by atoms with Crippen molar-refractivity contribution in [3.8, 4) is 0 Å². The molecule has 1 rings (SSSR count). The Labute approximate surface area is 68.8 Å². The van der Waals surface area contributed by atoms with Crippen LogP contribution in [0, 0.1) is 0 Å². The van der Waals surface area contributed by atoms with Crippen LogP contribution < -0.4 is 5.73 Å². The van der Waals surface area contributed by atoms with Crippen LogP contribution in [-0.2, 0) is 0 Å². The summed E-state index contributed by atoms with van der Waals surface area (Å²) in [5.41, 5.74) is 5.04. The molecule has 0 aromatic rings. The standard InChI is InChI=1S/C9H19NO/c1-3-8(2,10)9(11)6-4-5-7-9/h11H,3-7,10H2,1-2H3/t8-/m1/s1. The smallest absolute Gasteiger partial charge is 0.0823 e. The lowest BCUT2D eigenvalue weighted by atomic mass is 9.79. The molecule has 66 valence electrons. The van der Waals surface area contributed by atoms with Gasteiger partial charge in [0.1, 0.15) is 0 Å². The van der Waals surface area contributed by atoms with Crippen LogP contribution in [0.1, 0.15) is 46.0 Å². The van der Waals surface area contributed by atoms with E-state index in [1.54, 1.807) is 0 Å². The highest BCUT2D eigenvalue weighted by molar-refractivity contribution is 5.02. The van der Waals surface area contributed by atoms with Crippen LogP contribution in [0.4, 0.5) is 0 Å². The van der Waals surface area contributed by atoms with Crippen molar-refractivity contribution in [2.24, 2.45) is 5.73 Å². The number of hydrogen-bond acceptors (Lipinski definition) is 2. The second kappa shape index (κ2) is 2.76. The van der Waals surface area contributed by atoms with Crippen LogP contribution in [0.5, 0.6) is 0 Å². The van der Waals surface area contributed by atoms with Crippen molar-refractivity contribution >= 4 is 0 Å². The molecule has 0 amide bonds. The molecule has 1 saturated carbocycles. The zero-order chi connectivity index (χ0) is 8.54. The normalized spacial score (nSPS) is 28.4. The first-order valence-electron chi connectivity index (χ1n) is 4.53. The lowest BCUT2D eigenvalue weighted by Crippen LogP contribution is -2.56. The Hall–Kier alpha value is -0.0800. The molecule has 2 heteroatoms. The maximum absolute atomic E-state index is 10.1. The van der Waals surface area contributed by atoms with Gasteiger partial charge < -0.3 is 10.8 Å². The molecule has 0 bridgehead atoms. The van der Waals surface area contributed by atoms with Crippen LogP contribution >= 0.6 is 0 Å². The quantitative estimate of drug-likeness (QED) is 0.636. The molecule has 0 aromatic heterocycles. The summed E-state index contributed by atoms with van der Waals surface area (Å²) in [6, 6.07) is 0. The van der Waals surface area contributed by atoms with Crippen molar-refractivity contribution in [3.05, 3.63) is 0 Å². The summed E-state index contributed by atoms with van der Waals surface area (Å²) in [6.07, 6.45) is 4.87. The highest BCUT2D eigenvalue weighted by Gasteiger charge is 2.44. The minimum absolute atomic E-state index is 0.385. The largest absolute Gasteiger partial charge is 0.388 e. The van der Waals surface area contributed by atoms with Gasteiger partial charge in [-0.25, -0.2) is 0 Å². The fraction of sp³-hybridized carbons (Fsp3) is 1.00. The van der Waals surface area contributed by atoms with Crippen LogP contribution in [-0.4, -0.2) is 16.2 Å². The van der Waals surface area contributed by atoms with Gasteiger partial charge in [0.15, 0.2) is 0 Å². The third-order valence-corrected chi connectivity index (χ3v) is 3.23. The van der Waals surface area contributed by atoms with Crippen LogP contribution in [0.15, 0.2) is 0 Å². The molecule has 0 unspecified atom stereocenters. The van der Waals surface area contributed by atoms with E-state index in [0.717, 1.165) is 32.1 Å². The van der Waals surface area contributed by atoms with Gasteiger partial charge in [0.2, 0.25) is 0 Å². The van der Waals surface area contributed by atoms with Crippen molar-refractivity contribution in [2.45, 2.75) is 57.1 Å². The van der Waals surface area contributed by atoms with E-state index in [2.05, 4.69) is 0 Å². The fourth-order valence-electron chi connectivity index (χ4n) is 1.86. The average molecular weight is 157 g/mol. The Morgan fingerprint density at radius 1 is 1.45 bits per heavy atom. The van der Waals surface area contributed by atoms with E-state index < -0.39 is 5.60 Å². The molecule has 0 radical (unpaired) electrons. The number of aliphatic hydroxyl groups is 1. The molecule has 11 heavy (non-hydrogen) atoms. The summed E-state index contributed by atoms with van der Waals surface area (Å²) in [7, 11) is 0. The third kappa shape index (κ3) is 1.42. The van der Waals surface area contributed by atoms with Crippen molar-refractivity contribution in [3.63, 3.8) is 0 Å². The van der Waals surface area contributed by atoms with Gasteiger partial charge in [-0.3, -0.25) is 0 Å². The predicted molar refractivity (Wildman–Crippen MR) is 46.3 cm³/mol. The molecule has 2 nitrogen and oxygen atoms in total. The molecule has 3 N–H and O–H groups in total. The Bertz CT molecular complexity index is 136. The van der Waals surface area contributed by atoms with E-state index in [0.29, 0.717) is 0 Å². The molecule has 0 heterocycles. The summed E-state index contributed by atoms with van der Waals surface area (Å²) < 4.78 is 0. The summed E-state index contributed by atoms with van der Waals surface area (Å²) in [4.78, 5) is 0. The maximum atomic E-state index is 10.1. The Kier molecular flexibility index (Phi) is 2.26. The van der Waals surface area contributed by atoms with Gasteiger partial charge in [0.05, 0.1) is 5.60 Å². The Morgan fingerprint density at radius 2 is 1.91 bits per heavy atom. The molecule has 0 spiro atoms. The lowest BCUT2D eigenvalue weighted by Gasteiger charge is -2.39. The Balaban J connectivity index is 2.69. The van der Waals surface area contributed by atoms with E-state index in [4.69, 9.17) is 5.73 Å². The highest BCUT2D eigenvalue weighted by Crippen LogP contribution is 2.38. The van der Waals surface area contributed by atoms with Crippen LogP contribution in [0.25, 0.3) is 0 Å². The number of rotatable bonds is 2. The molecule has 1 atom stereocenters. The van der Waals surface area contributed by atoms with Gasteiger partial charge in [-0.15, -0.1) is 0 Å². The molecule has 1 fully saturated rings. The summed E-state index contributed by atoms with van der Waals surface area (Å²) in [6.45, 7) is 3.99. The van der Waals surface area contributed by atoms with Crippen molar-refractivity contribution in [1.82, 2.24) is 0 Å². The predicted octanol–water partition coefficient (Wildman–Crippen LogP) is 1.42. The van der Waals surface area contributed by atoms with E-state index in [1.165, 1.54) is 0 Å². The molecule has 0 saturated heterocycles. The van der Waals surface area contributed by atoms with E-state index in [-0.39, 0.29) is 5.54 Å². The van der Waals surface area contributed by atoms with Crippen molar-refractivity contribution in [2.75, 3.05) is 0 Å². The average Bonchev–Trinajstić information content (AvgIpc) is 2.38. The molecular formula is C9H19NO. The second-order valence-corrected chi connectivity index (χ2v) is 4.01. The maximum Gasteiger partial charge on any atom is 0.0823 e. The van der Waals surface area contributed by atoms with Gasteiger partial charge in [-0.2, -0.15) is 0 Å².